The zero-order chi connectivity index (χ0) is 14.7. The Bertz CT molecular complexity index is 528. The van der Waals surface area contributed by atoms with E-state index in [0.29, 0.717) is 19.5 Å². The summed E-state index contributed by atoms with van der Waals surface area (Å²) in [6.07, 6.45) is 3.03. The van der Waals surface area contributed by atoms with Crippen LogP contribution in [0.3, 0.4) is 0 Å². The Morgan fingerprint density at radius 1 is 1.55 bits per heavy atom. The van der Waals surface area contributed by atoms with Gasteiger partial charge >= 0.3 is 5.69 Å². The van der Waals surface area contributed by atoms with E-state index in [4.69, 9.17) is 0 Å². The number of aliphatic hydroxyl groups excluding tert-OH is 1. The van der Waals surface area contributed by atoms with Crippen LogP contribution < -0.4 is 5.69 Å². The van der Waals surface area contributed by atoms with Gasteiger partial charge in [-0.15, -0.1) is 0 Å². The molecule has 0 aromatic carbocycles. The summed E-state index contributed by atoms with van der Waals surface area (Å²) in [6, 6.07) is 1.60. The van der Waals surface area contributed by atoms with Gasteiger partial charge in [0.05, 0.1) is 6.10 Å². The predicted octanol–water partition coefficient (Wildman–Crippen LogP) is -1.23. The van der Waals surface area contributed by atoms with Gasteiger partial charge in [-0.25, -0.2) is 9.78 Å². The van der Waals surface area contributed by atoms with Gasteiger partial charge in [-0.05, 0) is 26.6 Å². The van der Waals surface area contributed by atoms with Gasteiger partial charge in [0.15, 0.2) is 0 Å². The molecule has 2 heterocycles. The van der Waals surface area contributed by atoms with Crippen molar-refractivity contribution < 1.29 is 9.90 Å². The molecule has 2 atom stereocenters. The maximum absolute atomic E-state index is 12.3. The molecule has 1 amide bonds. The second kappa shape index (κ2) is 6.15. The molecule has 0 aliphatic carbocycles. The van der Waals surface area contributed by atoms with Gasteiger partial charge in [0.25, 0.3) is 0 Å². The number of nitrogens with zero attached hydrogens (tertiary/aromatic N) is 4. The number of likely N-dealkylation sites (N-methyl/N-ethyl adjacent to an activating group) is 1. The molecule has 0 saturated carbocycles. The summed E-state index contributed by atoms with van der Waals surface area (Å²) >= 11 is 0. The van der Waals surface area contributed by atoms with Crippen LogP contribution in [0.5, 0.6) is 0 Å². The van der Waals surface area contributed by atoms with Crippen LogP contribution in [0.25, 0.3) is 0 Å². The number of aliphatic hydroxyl groups is 1. The molecule has 2 unspecified atom stereocenters. The topological polar surface area (TPSA) is 78.7 Å². The fourth-order valence-electron chi connectivity index (χ4n) is 2.54. The van der Waals surface area contributed by atoms with E-state index in [0.717, 1.165) is 0 Å². The molecule has 7 heteroatoms. The lowest BCUT2D eigenvalue weighted by atomic mass is 10.2. The Kier molecular flexibility index (Phi) is 4.51. The third-order valence-electron chi connectivity index (χ3n) is 3.38. The van der Waals surface area contributed by atoms with Crippen molar-refractivity contribution >= 4 is 5.91 Å². The first-order valence-electron chi connectivity index (χ1n) is 6.61. The molecule has 0 bridgehead atoms. The van der Waals surface area contributed by atoms with E-state index >= 15 is 0 Å². The average Bonchev–Trinajstić information content (AvgIpc) is 2.72. The Labute approximate surface area is 117 Å². The number of β-amino-alcohol motifs (C(OH)–C–C–N with tert-alkyl or cyclic N) is 1. The molecule has 1 aromatic rings. The number of carbonyl (C=O) groups excluding carboxylic acids is 1. The molecular weight excluding hydrogens is 260 g/mol. The minimum Gasteiger partial charge on any atom is -0.391 e. The smallest absolute Gasteiger partial charge is 0.347 e. The summed E-state index contributed by atoms with van der Waals surface area (Å²) in [7, 11) is 3.86. The maximum atomic E-state index is 12.3. The van der Waals surface area contributed by atoms with E-state index in [1.165, 1.54) is 10.8 Å². The van der Waals surface area contributed by atoms with E-state index in [1.54, 1.807) is 17.2 Å². The fraction of sp³-hybridized carbons (Fsp3) is 0.615. The first-order valence-corrected chi connectivity index (χ1v) is 6.61. The van der Waals surface area contributed by atoms with Crippen LogP contribution in [-0.2, 0) is 11.3 Å². The Hall–Kier alpha value is -1.73. The third-order valence-corrected chi connectivity index (χ3v) is 3.38. The molecule has 1 aromatic heterocycles. The Morgan fingerprint density at radius 2 is 2.30 bits per heavy atom. The maximum Gasteiger partial charge on any atom is 0.347 e. The summed E-state index contributed by atoms with van der Waals surface area (Å²) < 4.78 is 1.28. The first kappa shape index (κ1) is 14.7. The average molecular weight is 280 g/mol. The van der Waals surface area contributed by atoms with Crippen molar-refractivity contribution in [1.29, 1.82) is 0 Å². The molecule has 1 aliphatic rings. The zero-order valence-electron chi connectivity index (χ0n) is 11.8. The van der Waals surface area contributed by atoms with Gasteiger partial charge in [-0.2, -0.15) is 0 Å². The van der Waals surface area contributed by atoms with E-state index in [1.807, 2.05) is 19.0 Å². The molecule has 2 rings (SSSR count). The van der Waals surface area contributed by atoms with Crippen LogP contribution in [0.4, 0.5) is 0 Å². The largest absolute Gasteiger partial charge is 0.391 e. The van der Waals surface area contributed by atoms with Crippen LogP contribution in [-0.4, -0.2) is 69.7 Å². The number of hydrogen-bond donors (Lipinski definition) is 1. The van der Waals surface area contributed by atoms with Crippen LogP contribution in [0, 0.1) is 0 Å². The summed E-state index contributed by atoms with van der Waals surface area (Å²) in [5.41, 5.74) is -0.440. The summed E-state index contributed by atoms with van der Waals surface area (Å²) in [5.74, 6) is -0.163. The molecule has 1 aliphatic heterocycles. The monoisotopic (exact) mass is 280 g/mol. The van der Waals surface area contributed by atoms with Crippen molar-refractivity contribution in [2.24, 2.45) is 0 Å². The van der Waals surface area contributed by atoms with Crippen molar-refractivity contribution in [3.8, 4) is 0 Å². The van der Waals surface area contributed by atoms with E-state index in [-0.39, 0.29) is 18.5 Å². The zero-order valence-corrected chi connectivity index (χ0v) is 11.8. The SMILES string of the molecule is CN(C)CC1CC(O)CN1C(=O)Cn1cccnc1=O. The first-order chi connectivity index (χ1) is 9.47. The lowest BCUT2D eigenvalue weighted by Gasteiger charge is -2.27. The second-order valence-electron chi connectivity index (χ2n) is 5.38. The molecule has 1 saturated heterocycles. The molecule has 1 N–H and O–H groups in total. The minimum atomic E-state index is -0.491. The number of likely N-dealkylation sites (tertiary alicyclic amines) is 1. The quantitative estimate of drug-likeness (QED) is 0.747. The highest BCUT2D eigenvalue weighted by atomic mass is 16.3. The summed E-state index contributed by atoms with van der Waals surface area (Å²) in [6.45, 7) is 0.987. The number of amides is 1. The van der Waals surface area contributed by atoms with Gasteiger partial charge in [-0.3, -0.25) is 9.36 Å². The number of rotatable bonds is 4. The highest BCUT2D eigenvalue weighted by molar-refractivity contribution is 5.76. The van der Waals surface area contributed by atoms with Crippen molar-refractivity contribution in [2.75, 3.05) is 27.2 Å². The van der Waals surface area contributed by atoms with Crippen LogP contribution in [0.15, 0.2) is 23.3 Å². The normalized spacial score (nSPS) is 22.5. The van der Waals surface area contributed by atoms with Gasteiger partial charge in [-0.1, -0.05) is 0 Å². The van der Waals surface area contributed by atoms with Gasteiger partial charge in [0.2, 0.25) is 5.91 Å². The number of carbonyl (C=O) groups is 1. The third kappa shape index (κ3) is 3.43. The van der Waals surface area contributed by atoms with E-state index < -0.39 is 11.8 Å². The standard InChI is InChI=1S/C13H20N4O3/c1-15(2)7-10-6-11(18)8-17(10)12(19)9-16-5-3-4-14-13(16)20/h3-5,10-11,18H,6-9H2,1-2H3. The van der Waals surface area contributed by atoms with E-state index in [2.05, 4.69) is 4.98 Å². The molecule has 0 spiro atoms. The van der Waals surface area contributed by atoms with Crippen LogP contribution in [0.1, 0.15) is 6.42 Å². The summed E-state index contributed by atoms with van der Waals surface area (Å²) in [5, 5.41) is 9.76. The predicted molar refractivity (Wildman–Crippen MR) is 73.2 cm³/mol. The molecule has 7 nitrogen and oxygen atoms in total. The van der Waals surface area contributed by atoms with Crippen molar-refractivity contribution in [1.82, 2.24) is 19.4 Å². The molecule has 20 heavy (non-hydrogen) atoms. The van der Waals surface area contributed by atoms with Crippen molar-refractivity contribution in [3.63, 3.8) is 0 Å². The number of hydrogen-bond acceptors (Lipinski definition) is 5. The molecule has 110 valence electrons. The Balaban J connectivity index is 2.07. The number of aromatic nitrogens is 2. The summed E-state index contributed by atoms with van der Waals surface area (Å²) in [4.78, 5) is 31.1. The second-order valence-corrected chi connectivity index (χ2v) is 5.38. The van der Waals surface area contributed by atoms with Gasteiger partial charge in [0, 0.05) is 31.5 Å². The van der Waals surface area contributed by atoms with Gasteiger partial charge in [0.1, 0.15) is 6.54 Å². The Morgan fingerprint density at radius 3 is 2.95 bits per heavy atom. The molecule has 1 fully saturated rings. The highest BCUT2D eigenvalue weighted by Gasteiger charge is 2.34. The van der Waals surface area contributed by atoms with Crippen molar-refractivity contribution in [2.45, 2.75) is 25.1 Å². The van der Waals surface area contributed by atoms with Crippen LogP contribution in [0.2, 0.25) is 0 Å². The molecular formula is C13H20N4O3. The highest BCUT2D eigenvalue weighted by Crippen LogP contribution is 2.18. The van der Waals surface area contributed by atoms with E-state index in [9.17, 15) is 14.7 Å². The van der Waals surface area contributed by atoms with Gasteiger partial charge < -0.3 is 14.9 Å². The lowest BCUT2D eigenvalue weighted by molar-refractivity contribution is -0.133. The molecule has 0 radical (unpaired) electrons. The fourth-order valence-corrected chi connectivity index (χ4v) is 2.54. The van der Waals surface area contributed by atoms with Crippen molar-refractivity contribution in [3.05, 3.63) is 28.9 Å². The minimum absolute atomic E-state index is 0.0140. The lowest BCUT2D eigenvalue weighted by Crippen LogP contribution is -2.44. The van der Waals surface area contributed by atoms with Crippen LogP contribution >= 0.6 is 0 Å².